The van der Waals surface area contributed by atoms with Crippen molar-refractivity contribution in [2.24, 2.45) is 34.8 Å². The van der Waals surface area contributed by atoms with Gasteiger partial charge in [0.25, 0.3) is 0 Å². The Morgan fingerprint density at radius 2 is 1.92 bits per heavy atom. The summed E-state index contributed by atoms with van der Waals surface area (Å²) in [5.74, 6) is 2.23. The van der Waals surface area contributed by atoms with Crippen LogP contribution in [0.15, 0.2) is 0 Å². The van der Waals surface area contributed by atoms with Crippen LogP contribution in [0.3, 0.4) is 0 Å². The lowest BCUT2D eigenvalue weighted by Gasteiger charge is -2.24. The summed E-state index contributed by atoms with van der Waals surface area (Å²) in [5, 5.41) is 0. The minimum Gasteiger partial charge on any atom is -0.369 e. The first kappa shape index (κ1) is 7.84. The van der Waals surface area contributed by atoms with Gasteiger partial charge in [-0.1, -0.05) is 6.92 Å². The number of hydrogen-bond acceptors (Lipinski definition) is 1. The van der Waals surface area contributed by atoms with E-state index in [1.54, 1.807) is 0 Å². The van der Waals surface area contributed by atoms with Crippen molar-refractivity contribution in [2.45, 2.75) is 32.6 Å². The van der Waals surface area contributed by atoms with Crippen molar-refractivity contribution in [1.82, 2.24) is 0 Å². The smallest absolute Gasteiger partial charge is 0.221 e. The first-order chi connectivity index (χ1) is 6.17. The van der Waals surface area contributed by atoms with Crippen molar-refractivity contribution in [3.8, 4) is 0 Å². The summed E-state index contributed by atoms with van der Waals surface area (Å²) in [6, 6.07) is 0. The molecule has 4 atom stereocenters. The quantitative estimate of drug-likeness (QED) is 0.652. The lowest BCUT2D eigenvalue weighted by atomic mass is 9.80. The molecule has 2 nitrogen and oxygen atoms in total. The molecule has 0 aliphatic heterocycles. The van der Waals surface area contributed by atoms with Crippen LogP contribution in [0.1, 0.15) is 32.6 Å². The number of amides is 1. The molecule has 3 aliphatic carbocycles. The Morgan fingerprint density at radius 3 is 2.31 bits per heavy atom. The lowest BCUT2D eigenvalue weighted by molar-refractivity contribution is -0.124. The van der Waals surface area contributed by atoms with Gasteiger partial charge in [0.05, 0.1) is 0 Å². The Balaban J connectivity index is 1.98. The van der Waals surface area contributed by atoms with Crippen molar-refractivity contribution < 1.29 is 4.79 Å². The van der Waals surface area contributed by atoms with Crippen LogP contribution >= 0.6 is 0 Å². The van der Waals surface area contributed by atoms with Crippen molar-refractivity contribution in [1.29, 1.82) is 0 Å². The number of primary amides is 1. The molecule has 2 bridgehead atoms. The molecule has 0 heterocycles. The number of rotatable bonds is 1. The maximum absolute atomic E-state index is 11.3. The van der Waals surface area contributed by atoms with E-state index >= 15 is 0 Å². The van der Waals surface area contributed by atoms with E-state index in [2.05, 4.69) is 6.92 Å². The van der Waals surface area contributed by atoms with Gasteiger partial charge in [-0.2, -0.15) is 0 Å². The van der Waals surface area contributed by atoms with Crippen molar-refractivity contribution in [3.63, 3.8) is 0 Å². The highest BCUT2D eigenvalue weighted by molar-refractivity contribution is 5.78. The van der Waals surface area contributed by atoms with Gasteiger partial charge in [-0.25, -0.2) is 0 Å². The minimum absolute atomic E-state index is 0.0361. The maximum atomic E-state index is 11.3. The molecule has 13 heavy (non-hydrogen) atoms. The van der Waals surface area contributed by atoms with Gasteiger partial charge in [0.15, 0.2) is 0 Å². The molecule has 0 saturated heterocycles. The summed E-state index contributed by atoms with van der Waals surface area (Å²) in [5.41, 5.74) is 6.08. The average molecular weight is 179 g/mol. The Morgan fingerprint density at radius 1 is 1.31 bits per heavy atom. The molecule has 0 aromatic rings. The van der Waals surface area contributed by atoms with E-state index in [0.717, 1.165) is 5.92 Å². The van der Waals surface area contributed by atoms with Gasteiger partial charge in [-0.3, -0.25) is 4.79 Å². The molecule has 3 saturated carbocycles. The summed E-state index contributed by atoms with van der Waals surface area (Å²) >= 11 is 0. The Kier molecular flexibility index (Phi) is 1.27. The van der Waals surface area contributed by atoms with E-state index in [1.165, 1.54) is 25.7 Å². The number of nitrogens with two attached hydrogens (primary N) is 1. The Bertz CT molecular complexity index is 269. The molecule has 3 fully saturated rings. The zero-order valence-corrected chi connectivity index (χ0v) is 8.12. The zero-order chi connectivity index (χ0) is 9.22. The topological polar surface area (TPSA) is 43.1 Å². The first-order valence-electron chi connectivity index (χ1n) is 5.46. The molecule has 3 aliphatic rings. The predicted octanol–water partition coefficient (Wildman–Crippen LogP) is 1.54. The van der Waals surface area contributed by atoms with Crippen molar-refractivity contribution >= 4 is 5.91 Å². The third kappa shape index (κ3) is 0.733. The van der Waals surface area contributed by atoms with Crippen LogP contribution in [0.25, 0.3) is 0 Å². The summed E-state index contributed by atoms with van der Waals surface area (Å²) in [4.78, 5) is 11.3. The van der Waals surface area contributed by atoms with Gasteiger partial charge >= 0.3 is 0 Å². The van der Waals surface area contributed by atoms with E-state index in [4.69, 9.17) is 5.73 Å². The van der Waals surface area contributed by atoms with E-state index in [0.29, 0.717) is 17.3 Å². The van der Waals surface area contributed by atoms with Gasteiger partial charge in [-0.15, -0.1) is 0 Å². The van der Waals surface area contributed by atoms with Crippen LogP contribution in [-0.4, -0.2) is 5.91 Å². The van der Waals surface area contributed by atoms with Crippen molar-refractivity contribution in [3.05, 3.63) is 0 Å². The summed E-state index contributed by atoms with van der Waals surface area (Å²) in [6.45, 7) is 2.24. The van der Waals surface area contributed by atoms with E-state index in [9.17, 15) is 4.79 Å². The Labute approximate surface area is 78.9 Å². The second-order valence-electron chi connectivity index (χ2n) is 5.31. The summed E-state index contributed by atoms with van der Waals surface area (Å²) < 4.78 is 0. The number of carbonyl (C=O) groups excluding carboxylic acids is 1. The number of hydrogen-bond donors (Lipinski definition) is 1. The third-order valence-corrected chi connectivity index (χ3v) is 5.06. The average Bonchev–Trinajstić information content (AvgIpc) is 2.70. The van der Waals surface area contributed by atoms with E-state index in [-0.39, 0.29) is 11.8 Å². The largest absolute Gasteiger partial charge is 0.369 e. The van der Waals surface area contributed by atoms with Gasteiger partial charge in [0.1, 0.15) is 0 Å². The number of carbonyl (C=O) groups is 1. The molecule has 2 heteroatoms. The predicted molar refractivity (Wildman–Crippen MR) is 49.7 cm³/mol. The standard InChI is InChI=1S/C11H17NO/c1-6-7-2-3-8(9(6)10(12)13)11(7)4-5-11/h6-9H,2-5H2,1H3,(H2,12,13). The molecule has 1 amide bonds. The van der Waals surface area contributed by atoms with Gasteiger partial charge in [0, 0.05) is 5.92 Å². The summed E-state index contributed by atoms with van der Waals surface area (Å²) in [6.07, 6.45) is 5.37. The highest BCUT2D eigenvalue weighted by Crippen LogP contribution is 2.74. The molecule has 0 aromatic carbocycles. The highest BCUT2D eigenvalue weighted by Gasteiger charge is 2.68. The lowest BCUT2D eigenvalue weighted by Crippen LogP contribution is -2.33. The van der Waals surface area contributed by atoms with Crippen LogP contribution in [0.2, 0.25) is 0 Å². The second-order valence-corrected chi connectivity index (χ2v) is 5.31. The van der Waals surface area contributed by atoms with Crippen LogP contribution in [0.4, 0.5) is 0 Å². The summed E-state index contributed by atoms with van der Waals surface area (Å²) in [7, 11) is 0. The molecule has 4 unspecified atom stereocenters. The van der Waals surface area contributed by atoms with Gasteiger partial charge < -0.3 is 5.73 Å². The fraction of sp³-hybridized carbons (Fsp3) is 0.909. The van der Waals surface area contributed by atoms with Crippen LogP contribution < -0.4 is 5.73 Å². The van der Waals surface area contributed by atoms with Gasteiger partial charge in [-0.05, 0) is 48.9 Å². The highest BCUT2D eigenvalue weighted by atomic mass is 16.1. The Hall–Kier alpha value is -0.530. The molecule has 3 rings (SSSR count). The van der Waals surface area contributed by atoms with Crippen LogP contribution in [0.5, 0.6) is 0 Å². The monoisotopic (exact) mass is 179 g/mol. The van der Waals surface area contributed by atoms with E-state index < -0.39 is 0 Å². The van der Waals surface area contributed by atoms with Gasteiger partial charge in [0.2, 0.25) is 5.91 Å². The first-order valence-corrected chi connectivity index (χ1v) is 5.46. The zero-order valence-electron chi connectivity index (χ0n) is 8.12. The second kappa shape index (κ2) is 2.10. The normalized spacial score (nSPS) is 49.9. The molecular formula is C11H17NO. The fourth-order valence-corrected chi connectivity index (χ4v) is 4.49. The SMILES string of the molecule is CC1C(C(N)=O)C2CCC1C21CC1. The van der Waals surface area contributed by atoms with Crippen LogP contribution in [0, 0.1) is 29.1 Å². The third-order valence-electron chi connectivity index (χ3n) is 5.06. The minimum atomic E-state index is -0.0361. The van der Waals surface area contributed by atoms with Crippen molar-refractivity contribution in [2.75, 3.05) is 0 Å². The molecule has 1 spiro atoms. The van der Waals surface area contributed by atoms with Crippen LogP contribution in [-0.2, 0) is 4.79 Å². The van der Waals surface area contributed by atoms with E-state index in [1.807, 2.05) is 0 Å². The maximum Gasteiger partial charge on any atom is 0.221 e. The molecular weight excluding hydrogens is 162 g/mol. The molecule has 0 aromatic heterocycles. The molecule has 0 radical (unpaired) electrons. The molecule has 2 N–H and O–H groups in total. The molecule has 72 valence electrons. The fourth-order valence-electron chi connectivity index (χ4n) is 4.49.